The molecule has 2 rings (SSSR count). The summed E-state index contributed by atoms with van der Waals surface area (Å²) in [4.78, 5) is 0. The lowest BCUT2D eigenvalue weighted by Crippen LogP contribution is -2.19. The molecule has 3 nitrogen and oxygen atoms in total. The van der Waals surface area contributed by atoms with Gasteiger partial charge in [0.1, 0.15) is 0 Å². The normalized spacial score (nSPS) is 27.2. The molecule has 3 heteroatoms. The van der Waals surface area contributed by atoms with Crippen molar-refractivity contribution in [2.24, 2.45) is 11.8 Å². The monoisotopic (exact) mass is 222 g/mol. The molecule has 0 aliphatic heterocycles. The van der Waals surface area contributed by atoms with E-state index in [-0.39, 0.29) is 6.10 Å². The lowest BCUT2D eigenvalue weighted by atomic mass is 9.90. The van der Waals surface area contributed by atoms with Crippen molar-refractivity contribution in [2.45, 2.75) is 52.2 Å². The van der Waals surface area contributed by atoms with E-state index in [1.165, 1.54) is 12.8 Å². The third-order valence-corrected chi connectivity index (χ3v) is 3.82. The van der Waals surface area contributed by atoms with Crippen LogP contribution in [0.1, 0.15) is 51.3 Å². The van der Waals surface area contributed by atoms with Crippen molar-refractivity contribution in [2.75, 3.05) is 0 Å². The molecule has 0 aromatic carbocycles. The van der Waals surface area contributed by atoms with Crippen LogP contribution in [0.3, 0.4) is 0 Å². The Morgan fingerprint density at radius 3 is 3.00 bits per heavy atom. The molecule has 0 saturated heterocycles. The molecule has 1 N–H and O–H groups in total. The lowest BCUT2D eigenvalue weighted by Gasteiger charge is -2.22. The highest BCUT2D eigenvalue weighted by atomic mass is 16.3. The molecule has 90 valence electrons. The molecule has 0 spiro atoms. The maximum absolute atomic E-state index is 10.4. The Balaban J connectivity index is 2.13. The van der Waals surface area contributed by atoms with Gasteiger partial charge in [-0.1, -0.05) is 26.7 Å². The molecule has 0 bridgehead atoms. The zero-order valence-corrected chi connectivity index (χ0v) is 10.3. The lowest BCUT2D eigenvalue weighted by molar-refractivity contribution is 0.0814. The second-order valence-electron chi connectivity index (χ2n) is 5.00. The minimum atomic E-state index is -0.327. The van der Waals surface area contributed by atoms with Crippen LogP contribution in [0.4, 0.5) is 0 Å². The van der Waals surface area contributed by atoms with Crippen molar-refractivity contribution in [1.29, 1.82) is 0 Å². The molecule has 0 radical (unpaired) electrons. The molecule has 1 aromatic heterocycles. The van der Waals surface area contributed by atoms with Gasteiger partial charge in [-0.05, 0) is 30.7 Å². The maximum atomic E-state index is 10.4. The molecule has 1 saturated carbocycles. The fourth-order valence-electron chi connectivity index (χ4n) is 2.86. The van der Waals surface area contributed by atoms with E-state index in [0.717, 1.165) is 25.1 Å². The van der Waals surface area contributed by atoms with Gasteiger partial charge in [0, 0.05) is 12.7 Å². The van der Waals surface area contributed by atoms with Crippen LogP contribution in [0, 0.1) is 11.8 Å². The Morgan fingerprint density at radius 1 is 1.56 bits per heavy atom. The fourth-order valence-corrected chi connectivity index (χ4v) is 2.86. The van der Waals surface area contributed by atoms with Gasteiger partial charge in [0.05, 0.1) is 11.8 Å². The zero-order chi connectivity index (χ0) is 11.5. The standard InChI is InChI=1S/C13H22N2O/c1-3-9-15-12(7-8-14-15)13(16)11-6-4-5-10(11)2/h7-8,10-11,13,16H,3-6,9H2,1-2H3. The van der Waals surface area contributed by atoms with Gasteiger partial charge < -0.3 is 5.11 Å². The van der Waals surface area contributed by atoms with Gasteiger partial charge in [-0.2, -0.15) is 5.10 Å². The van der Waals surface area contributed by atoms with E-state index in [1.807, 2.05) is 10.7 Å². The Hall–Kier alpha value is -0.830. The average molecular weight is 222 g/mol. The Bertz CT molecular complexity index is 334. The number of nitrogens with zero attached hydrogens (tertiary/aromatic N) is 2. The van der Waals surface area contributed by atoms with Gasteiger partial charge in [0.2, 0.25) is 0 Å². The summed E-state index contributed by atoms with van der Waals surface area (Å²) in [5.74, 6) is 1.06. The van der Waals surface area contributed by atoms with E-state index in [9.17, 15) is 5.11 Å². The fraction of sp³-hybridized carbons (Fsp3) is 0.769. The smallest absolute Gasteiger partial charge is 0.0987 e. The van der Waals surface area contributed by atoms with E-state index in [0.29, 0.717) is 11.8 Å². The molecule has 1 fully saturated rings. The van der Waals surface area contributed by atoms with Crippen molar-refractivity contribution < 1.29 is 5.11 Å². The minimum absolute atomic E-state index is 0.327. The SMILES string of the molecule is CCCn1nccc1C(O)C1CCCC1C. The quantitative estimate of drug-likeness (QED) is 0.850. The number of hydrogen-bond donors (Lipinski definition) is 1. The molecular weight excluding hydrogens is 200 g/mol. The number of aliphatic hydroxyl groups is 1. The van der Waals surface area contributed by atoms with Crippen molar-refractivity contribution in [3.8, 4) is 0 Å². The highest BCUT2D eigenvalue weighted by molar-refractivity contribution is 5.07. The van der Waals surface area contributed by atoms with E-state index in [1.54, 1.807) is 6.20 Å². The number of rotatable bonds is 4. The first-order chi connectivity index (χ1) is 7.74. The summed E-state index contributed by atoms with van der Waals surface area (Å²) in [5, 5.41) is 14.7. The molecule has 1 heterocycles. The molecule has 1 aliphatic rings. The zero-order valence-electron chi connectivity index (χ0n) is 10.3. The van der Waals surface area contributed by atoms with Crippen LogP contribution < -0.4 is 0 Å². The van der Waals surface area contributed by atoms with Crippen LogP contribution in [0.2, 0.25) is 0 Å². The average Bonchev–Trinajstić information content (AvgIpc) is 2.87. The topological polar surface area (TPSA) is 38.0 Å². The Morgan fingerprint density at radius 2 is 2.38 bits per heavy atom. The van der Waals surface area contributed by atoms with Crippen LogP contribution in [0.25, 0.3) is 0 Å². The highest BCUT2D eigenvalue weighted by Crippen LogP contribution is 2.39. The van der Waals surface area contributed by atoms with Crippen LogP contribution in [0.15, 0.2) is 12.3 Å². The molecule has 16 heavy (non-hydrogen) atoms. The molecule has 3 unspecified atom stereocenters. The third-order valence-electron chi connectivity index (χ3n) is 3.82. The van der Waals surface area contributed by atoms with Crippen molar-refractivity contribution in [3.05, 3.63) is 18.0 Å². The number of aryl methyl sites for hydroxylation is 1. The third kappa shape index (κ3) is 2.14. The molecule has 0 amide bonds. The summed E-state index contributed by atoms with van der Waals surface area (Å²) in [6.07, 6.45) is 6.19. The predicted octanol–water partition coefficient (Wildman–Crippen LogP) is 2.76. The molecule has 1 aromatic rings. The van der Waals surface area contributed by atoms with Crippen molar-refractivity contribution >= 4 is 0 Å². The Labute approximate surface area is 97.5 Å². The summed E-state index contributed by atoms with van der Waals surface area (Å²) in [6.45, 7) is 5.29. The second-order valence-corrected chi connectivity index (χ2v) is 5.00. The number of hydrogen-bond acceptors (Lipinski definition) is 2. The first-order valence-corrected chi connectivity index (χ1v) is 6.43. The number of aliphatic hydroxyl groups excluding tert-OH is 1. The largest absolute Gasteiger partial charge is 0.387 e. The van der Waals surface area contributed by atoms with Crippen LogP contribution in [-0.2, 0) is 6.54 Å². The van der Waals surface area contributed by atoms with Gasteiger partial charge in [0.25, 0.3) is 0 Å². The summed E-state index contributed by atoms with van der Waals surface area (Å²) >= 11 is 0. The number of aromatic nitrogens is 2. The van der Waals surface area contributed by atoms with Crippen LogP contribution >= 0.6 is 0 Å². The Kier molecular flexibility index (Phi) is 3.64. The first kappa shape index (κ1) is 11.6. The van der Waals surface area contributed by atoms with E-state index in [2.05, 4.69) is 18.9 Å². The first-order valence-electron chi connectivity index (χ1n) is 6.43. The van der Waals surface area contributed by atoms with E-state index >= 15 is 0 Å². The second kappa shape index (κ2) is 5.00. The van der Waals surface area contributed by atoms with Crippen molar-refractivity contribution in [3.63, 3.8) is 0 Å². The van der Waals surface area contributed by atoms with Crippen LogP contribution in [0.5, 0.6) is 0 Å². The van der Waals surface area contributed by atoms with E-state index in [4.69, 9.17) is 0 Å². The maximum Gasteiger partial charge on any atom is 0.0987 e. The van der Waals surface area contributed by atoms with Gasteiger partial charge in [-0.25, -0.2) is 0 Å². The molecule has 1 aliphatic carbocycles. The summed E-state index contributed by atoms with van der Waals surface area (Å²) in [7, 11) is 0. The van der Waals surface area contributed by atoms with Gasteiger partial charge in [0.15, 0.2) is 0 Å². The summed E-state index contributed by atoms with van der Waals surface area (Å²) < 4.78 is 1.95. The summed E-state index contributed by atoms with van der Waals surface area (Å²) in [5.41, 5.74) is 1.00. The van der Waals surface area contributed by atoms with Gasteiger partial charge >= 0.3 is 0 Å². The summed E-state index contributed by atoms with van der Waals surface area (Å²) in [6, 6.07) is 1.96. The van der Waals surface area contributed by atoms with E-state index < -0.39 is 0 Å². The van der Waals surface area contributed by atoms with Crippen LogP contribution in [-0.4, -0.2) is 14.9 Å². The predicted molar refractivity (Wildman–Crippen MR) is 64.0 cm³/mol. The molecular formula is C13H22N2O. The minimum Gasteiger partial charge on any atom is -0.387 e. The highest BCUT2D eigenvalue weighted by Gasteiger charge is 2.32. The van der Waals surface area contributed by atoms with Crippen molar-refractivity contribution in [1.82, 2.24) is 9.78 Å². The molecule has 3 atom stereocenters. The van der Waals surface area contributed by atoms with Gasteiger partial charge in [-0.15, -0.1) is 0 Å². The van der Waals surface area contributed by atoms with Gasteiger partial charge in [-0.3, -0.25) is 4.68 Å².